The summed E-state index contributed by atoms with van der Waals surface area (Å²) >= 11 is 7.06. The highest BCUT2D eigenvalue weighted by molar-refractivity contribution is 7.99. The van der Waals surface area contributed by atoms with E-state index in [9.17, 15) is 4.79 Å². The van der Waals surface area contributed by atoms with Crippen LogP contribution in [0.25, 0.3) is 5.69 Å². The van der Waals surface area contributed by atoms with Crippen molar-refractivity contribution >= 4 is 29.3 Å². The first-order valence-electron chi connectivity index (χ1n) is 5.93. The Morgan fingerprint density at radius 2 is 2.10 bits per heavy atom. The number of hydrogen-bond acceptors (Lipinski definition) is 6. The van der Waals surface area contributed by atoms with E-state index in [1.54, 1.807) is 42.8 Å². The van der Waals surface area contributed by atoms with Gasteiger partial charge in [0, 0.05) is 5.02 Å². The first kappa shape index (κ1) is 14.8. The van der Waals surface area contributed by atoms with Crippen LogP contribution in [0.3, 0.4) is 0 Å². The van der Waals surface area contributed by atoms with E-state index in [0.717, 1.165) is 5.69 Å². The van der Waals surface area contributed by atoms with E-state index in [1.165, 1.54) is 11.8 Å². The molecule has 0 radical (unpaired) electrons. The summed E-state index contributed by atoms with van der Waals surface area (Å²) < 4.78 is 6.60. The van der Waals surface area contributed by atoms with Crippen molar-refractivity contribution in [3.8, 4) is 5.69 Å². The number of carbonyl (C=O) groups is 1. The average molecular weight is 313 g/mol. The summed E-state index contributed by atoms with van der Waals surface area (Å²) in [5, 5.41) is 12.6. The van der Waals surface area contributed by atoms with Gasteiger partial charge in [-0.25, -0.2) is 0 Å². The average Bonchev–Trinajstić information content (AvgIpc) is 2.85. The quantitative estimate of drug-likeness (QED) is 0.623. The fraction of sp³-hybridized carbons (Fsp3) is 0.333. The number of nitrogens with zero attached hydrogens (tertiary/aromatic N) is 4. The number of halogens is 1. The molecule has 2 aromatic rings. The van der Waals surface area contributed by atoms with E-state index in [2.05, 4.69) is 15.5 Å². The van der Waals surface area contributed by atoms with Gasteiger partial charge in [0.25, 0.3) is 0 Å². The summed E-state index contributed by atoms with van der Waals surface area (Å²) in [4.78, 5) is 11.5. The molecule has 1 aromatic carbocycles. The van der Waals surface area contributed by atoms with E-state index in [-0.39, 0.29) is 17.8 Å². The molecule has 0 aliphatic rings. The number of benzene rings is 1. The maximum Gasteiger partial charge on any atom is 0.316 e. The number of hydrogen-bond donors (Lipinski definition) is 0. The Kier molecular flexibility index (Phi) is 4.97. The number of tetrazole rings is 1. The van der Waals surface area contributed by atoms with Crippen molar-refractivity contribution in [2.24, 2.45) is 0 Å². The zero-order valence-corrected chi connectivity index (χ0v) is 12.6. The largest absolute Gasteiger partial charge is 0.462 e. The Balaban J connectivity index is 2.05. The molecule has 1 heterocycles. The fourth-order valence-corrected chi connectivity index (χ4v) is 2.23. The van der Waals surface area contributed by atoms with Crippen LogP contribution in [0.1, 0.15) is 13.8 Å². The molecule has 0 saturated carbocycles. The number of ether oxygens (including phenoxy) is 1. The topological polar surface area (TPSA) is 69.9 Å². The van der Waals surface area contributed by atoms with Crippen LogP contribution in [0, 0.1) is 0 Å². The second kappa shape index (κ2) is 6.71. The van der Waals surface area contributed by atoms with Gasteiger partial charge in [0.1, 0.15) is 0 Å². The Hall–Kier alpha value is -1.60. The lowest BCUT2D eigenvalue weighted by atomic mass is 10.3. The highest BCUT2D eigenvalue weighted by atomic mass is 35.5. The summed E-state index contributed by atoms with van der Waals surface area (Å²) in [6.45, 7) is 3.61. The van der Waals surface area contributed by atoms with Crippen LogP contribution >= 0.6 is 23.4 Å². The minimum atomic E-state index is -0.296. The molecule has 0 aliphatic carbocycles. The van der Waals surface area contributed by atoms with Crippen LogP contribution in [-0.2, 0) is 9.53 Å². The predicted octanol–water partition coefficient (Wildman–Crippen LogP) is 2.36. The maximum atomic E-state index is 11.5. The highest BCUT2D eigenvalue weighted by Gasteiger charge is 2.12. The Morgan fingerprint density at radius 1 is 1.40 bits per heavy atom. The molecule has 0 saturated heterocycles. The molecular weight excluding hydrogens is 300 g/mol. The van der Waals surface area contributed by atoms with E-state index < -0.39 is 0 Å². The van der Waals surface area contributed by atoms with Crippen LogP contribution in [0.5, 0.6) is 0 Å². The second-order valence-electron chi connectivity index (χ2n) is 4.18. The molecule has 0 atom stereocenters. The first-order chi connectivity index (χ1) is 9.56. The molecule has 0 bridgehead atoms. The minimum absolute atomic E-state index is 0.129. The molecule has 0 fully saturated rings. The van der Waals surface area contributed by atoms with Crippen LogP contribution in [0.4, 0.5) is 0 Å². The fourth-order valence-electron chi connectivity index (χ4n) is 1.43. The lowest BCUT2D eigenvalue weighted by Gasteiger charge is -2.07. The number of rotatable bonds is 5. The molecular formula is C12H13ClN4O2S. The number of aromatic nitrogens is 4. The summed E-state index contributed by atoms with van der Waals surface area (Å²) in [6.07, 6.45) is -0.129. The third kappa shape index (κ3) is 3.94. The van der Waals surface area contributed by atoms with Gasteiger partial charge < -0.3 is 4.74 Å². The standard InChI is InChI=1S/C12H13ClN4O2S/c1-8(2)19-11(18)7-20-12-14-15-16-17(12)10-5-3-9(13)4-6-10/h3-6,8H,7H2,1-2H3. The van der Waals surface area contributed by atoms with Gasteiger partial charge in [0.05, 0.1) is 17.5 Å². The molecule has 0 spiro atoms. The van der Waals surface area contributed by atoms with Crippen LogP contribution in [0.2, 0.25) is 5.02 Å². The van der Waals surface area contributed by atoms with Gasteiger partial charge in [-0.2, -0.15) is 4.68 Å². The Labute approximate surface area is 125 Å². The molecule has 1 aromatic heterocycles. The van der Waals surface area contributed by atoms with Gasteiger partial charge in [0.2, 0.25) is 5.16 Å². The third-order valence-corrected chi connectivity index (χ3v) is 3.34. The van der Waals surface area contributed by atoms with Gasteiger partial charge in [-0.1, -0.05) is 23.4 Å². The summed E-state index contributed by atoms with van der Waals surface area (Å²) in [5.74, 6) is -0.137. The van der Waals surface area contributed by atoms with Gasteiger partial charge >= 0.3 is 5.97 Å². The van der Waals surface area contributed by atoms with Crippen LogP contribution in [-0.4, -0.2) is 38.0 Å². The van der Waals surface area contributed by atoms with Crippen molar-refractivity contribution in [3.63, 3.8) is 0 Å². The lowest BCUT2D eigenvalue weighted by Crippen LogP contribution is -2.13. The van der Waals surface area contributed by atoms with E-state index in [4.69, 9.17) is 16.3 Å². The zero-order valence-electron chi connectivity index (χ0n) is 11.0. The summed E-state index contributed by atoms with van der Waals surface area (Å²) in [6, 6.07) is 7.10. The molecule has 20 heavy (non-hydrogen) atoms. The molecule has 8 heteroatoms. The Bertz CT molecular complexity index is 585. The summed E-state index contributed by atoms with van der Waals surface area (Å²) in [5.41, 5.74) is 0.777. The first-order valence-corrected chi connectivity index (χ1v) is 7.29. The molecule has 0 unspecified atom stereocenters. The van der Waals surface area contributed by atoms with Gasteiger partial charge in [-0.3, -0.25) is 4.79 Å². The highest BCUT2D eigenvalue weighted by Crippen LogP contribution is 2.19. The van der Waals surface area contributed by atoms with Gasteiger partial charge in [0.15, 0.2) is 0 Å². The van der Waals surface area contributed by atoms with Crippen molar-refractivity contribution < 1.29 is 9.53 Å². The zero-order chi connectivity index (χ0) is 14.5. The van der Waals surface area contributed by atoms with Crippen molar-refractivity contribution in [1.82, 2.24) is 20.2 Å². The molecule has 0 aliphatic heterocycles. The molecule has 0 amide bonds. The number of esters is 1. The van der Waals surface area contributed by atoms with E-state index in [0.29, 0.717) is 10.2 Å². The predicted molar refractivity (Wildman–Crippen MR) is 76.1 cm³/mol. The smallest absolute Gasteiger partial charge is 0.316 e. The number of carbonyl (C=O) groups excluding carboxylic acids is 1. The molecule has 2 rings (SSSR count). The van der Waals surface area contributed by atoms with Gasteiger partial charge in [-0.05, 0) is 48.5 Å². The lowest BCUT2D eigenvalue weighted by molar-refractivity contribution is -0.144. The van der Waals surface area contributed by atoms with Crippen molar-refractivity contribution in [3.05, 3.63) is 29.3 Å². The minimum Gasteiger partial charge on any atom is -0.462 e. The van der Waals surface area contributed by atoms with Crippen LogP contribution < -0.4 is 0 Å². The van der Waals surface area contributed by atoms with E-state index in [1.807, 2.05) is 0 Å². The number of thioether (sulfide) groups is 1. The Morgan fingerprint density at radius 3 is 2.75 bits per heavy atom. The summed E-state index contributed by atoms with van der Waals surface area (Å²) in [7, 11) is 0. The van der Waals surface area contributed by atoms with Crippen molar-refractivity contribution in [2.45, 2.75) is 25.1 Å². The molecule has 106 valence electrons. The normalized spacial score (nSPS) is 10.8. The monoisotopic (exact) mass is 312 g/mol. The molecule has 6 nitrogen and oxygen atoms in total. The van der Waals surface area contributed by atoms with Crippen LogP contribution in [0.15, 0.2) is 29.4 Å². The third-order valence-electron chi connectivity index (χ3n) is 2.20. The SMILES string of the molecule is CC(C)OC(=O)CSc1nnnn1-c1ccc(Cl)cc1. The van der Waals surface area contributed by atoms with Crippen molar-refractivity contribution in [2.75, 3.05) is 5.75 Å². The molecule has 0 N–H and O–H groups in total. The van der Waals surface area contributed by atoms with Gasteiger partial charge in [-0.15, -0.1) is 5.10 Å². The van der Waals surface area contributed by atoms with E-state index >= 15 is 0 Å². The second-order valence-corrected chi connectivity index (χ2v) is 5.56. The maximum absolute atomic E-state index is 11.5. The van der Waals surface area contributed by atoms with Crippen molar-refractivity contribution in [1.29, 1.82) is 0 Å².